The number of morpholine rings is 1. The zero-order valence-corrected chi connectivity index (χ0v) is 12.5. The van der Waals surface area contributed by atoms with Crippen molar-refractivity contribution in [1.82, 2.24) is 15.3 Å². The number of rotatable bonds is 5. The molecule has 1 fully saturated rings. The van der Waals surface area contributed by atoms with Crippen molar-refractivity contribution in [3.05, 3.63) is 30.6 Å². The number of ether oxygens (including phenoxy) is 1. The number of hydrogen-bond donors (Lipinski definition) is 1. The third kappa shape index (κ3) is 3.14. The predicted molar refractivity (Wildman–Crippen MR) is 84.7 cm³/mol. The third-order valence-corrected chi connectivity index (χ3v) is 3.83. The summed E-state index contributed by atoms with van der Waals surface area (Å²) in [6, 6.07) is 8.50. The van der Waals surface area contributed by atoms with Gasteiger partial charge in [-0.25, -0.2) is 9.97 Å². The molecular weight excluding hydrogens is 264 g/mol. The number of benzene rings is 1. The van der Waals surface area contributed by atoms with Gasteiger partial charge in [-0.05, 0) is 25.1 Å². The molecule has 1 N–H and O–H groups in total. The van der Waals surface area contributed by atoms with Crippen LogP contribution in [0.2, 0.25) is 0 Å². The molecular formula is C16H22N4O. The molecule has 1 aliphatic rings. The number of nitrogens with zero attached hydrogens (tertiary/aromatic N) is 3. The van der Waals surface area contributed by atoms with Crippen molar-refractivity contribution in [1.29, 1.82) is 0 Å². The molecule has 1 aliphatic heterocycles. The lowest BCUT2D eigenvalue weighted by molar-refractivity contribution is 0.0935. The number of anilines is 1. The summed E-state index contributed by atoms with van der Waals surface area (Å²) in [6.07, 6.45) is 2.80. The van der Waals surface area contributed by atoms with Gasteiger partial charge in [-0.15, -0.1) is 0 Å². The van der Waals surface area contributed by atoms with Gasteiger partial charge in [0.1, 0.15) is 12.1 Å². The summed E-state index contributed by atoms with van der Waals surface area (Å²) >= 11 is 0. The first-order valence-electron chi connectivity index (χ1n) is 7.65. The van der Waals surface area contributed by atoms with Crippen molar-refractivity contribution in [2.45, 2.75) is 19.4 Å². The maximum absolute atomic E-state index is 5.65. The number of aromatic nitrogens is 2. The van der Waals surface area contributed by atoms with Gasteiger partial charge in [0.2, 0.25) is 0 Å². The van der Waals surface area contributed by atoms with Crippen molar-refractivity contribution < 1.29 is 4.74 Å². The number of nitrogens with one attached hydrogen (secondary N) is 1. The molecule has 0 bridgehead atoms. The highest BCUT2D eigenvalue weighted by Gasteiger charge is 2.25. The van der Waals surface area contributed by atoms with E-state index in [4.69, 9.17) is 4.74 Å². The van der Waals surface area contributed by atoms with E-state index in [1.165, 1.54) is 0 Å². The van der Waals surface area contributed by atoms with Crippen LogP contribution in [0.1, 0.15) is 13.3 Å². The Kier molecular flexibility index (Phi) is 4.62. The normalized spacial score (nSPS) is 19.1. The molecule has 2 heterocycles. The minimum absolute atomic E-state index is 0.323. The van der Waals surface area contributed by atoms with Gasteiger partial charge in [0, 0.05) is 18.5 Å². The molecule has 0 radical (unpaired) electrons. The Hall–Kier alpha value is -1.72. The molecule has 112 valence electrons. The van der Waals surface area contributed by atoms with Crippen molar-refractivity contribution in [3.8, 4) is 0 Å². The van der Waals surface area contributed by atoms with Gasteiger partial charge in [0.25, 0.3) is 0 Å². The lowest BCUT2D eigenvalue weighted by Gasteiger charge is -2.37. The van der Waals surface area contributed by atoms with Crippen LogP contribution in [0.4, 0.5) is 5.82 Å². The first-order chi connectivity index (χ1) is 10.4. The fourth-order valence-electron chi connectivity index (χ4n) is 2.77. The molecule has 5 nitrogen and oxygen atoms in total. The van der Waals surface area contributed by atoms with E-state index in [2.05, 4.69) is 33.2 Å². The Bertz CT molecular complexity index is 584. The second kappa shape index (κ2) is 6.83. The highest BCUT2D eigenvalue weighted by molar-refractivity contribution is 5.89. The van der Waals surface area contributed by atoms with Gasteiger partial charge in [-0.2, -0.15) is 0 Å². The van der Waals surface area contributed by atoms with Crippen LogP contribution < -0.4 is 10.2 Å². The second-order valence-corrected chi connectivity index (χ2v) is 5.34. The van der Waals surface area contributed by atoms with Crippen molar-refractivity contribution in [2.24, 2.45) is 0 Å². The van der Waals surface area contributed by atoms with Gasteiger partial charge in [-0.1, -0.05) is 19.1 Å². The smallest absolute Gasteiger partial charge is 0.140 e. The second-order valence-electron chi connectivity index (χ2n) is 5.34. The standard InChI is InChI=1S/C16H22N4O/c1-2-7-17-10-13-11-21-9-8-20(13)16-14-5-3-4-6-15(14)18-12-19-16/h3-6,12-13,17H,2,7-11H2,1H3. The van der Waals surface area contributed by atoms with Crippen LogP contribution in [0, 0.1) is 0 Å². The molecule has 0 spiro atoms. The molecule has 21 heavy (non-hydrogen) atoms. The van der Waals surface area contributed by atoms with Gasteiger partial charge in [0.15, 0.2) is 0 Å². The van der Waals surface area contributed by atoms with Crippen LogP contribution in [0.25, 0.3) is 10.9 Å². The number of para-hydroxylation sites is 1. The third-order valence-electron chi connectivity index (χ3n) is 3.83. The van der Waals surface area contributed by atoms with Gasteiger partial charge in [-0.3, -0.25) is 0 Å². The summed E-state index contributed by atoms with van der Waals surface area (Å²) in [5, 5.41) is 4.60. The Labute approximate surface area is 125 Å². The van der Waals surface area contributed by atoms with Crippen LogP contribution in [-0.4, -0.2) is 48.9 Å². The summed E-state index contributed by atoms with van der Waals surface area (Å²) < 4.78 is 5.65. The maximum atomic E-state index is 5.65. The fraction of sp³-hybridized carbons (Fsp3) is 0.500. The van der Waals surface area contributed by atoms with Gasteiger partial charge < -0.3 is 15.0 Å². The van der Waals surface area contributed by atoms with E-state index in [0.29, 0.717) is 6.04 Å². The minimum atomic E-state index is 0.323. The lowest BCUT2D eigenvalue weighted by atomic mass is 10.1. The summed E-state index contributed by atoms with van der Waals surface area (Å²) in [7, 11) is 0. The van der Waals surface area contributed by atoms with E-state index >= 15 is 0 Å². The Morgan fingerprint density at radius 3 is 3.14 bits per heavy atom. The monoisotopic (exact) mass is 286 g/mol. The van der Waals surface area contributed by atoms with Crippen LogP contribution in [0.5, 0.6) is 0 Å². The summed E-state index contributed by atoms with van der Waals surface area (Å²) in [6.45, 7) is 6.51. The number of hydrogen-bond acceptors (Lipinski definition) is 5. The average molecular weight is 286 g/mol. The summed E-state index contributed by atoms with van der Waals surface area (Å²) in [5.74, 6) is 1.02. The molecule has 1 saturated heterocycles. The van der Waals surface area contributed by atoms with Crippen molar-refractivity contribution in [2.75, 3.05) is 37.7 Å². The quantitative estimate of drug-likeness (QED) is 0.850. The first-order valence-corrected chi connectivity index (χ1v) is 7.65. The molecule has 0 aliphatic carbocycles. The average Bonchev–Trinajstić information content (AvgIpc) is 2.55. The summed E-state index contributed by atoms with van der Waals surface area (Å²) in [5.41, 5.74) is 0.995. The highest BCUT2D eigenvalue weighted by Crippen LogP contribution is 2.25. The predicted octanol–water partition coefficient (Wildman–Crippen LogP) is 1.83. The minimum Gasteiger partial charge on any atom is -0.377 e. The van der Waals surface area contributed by atoms with Crippen molar-refractivity contribution in [3.63, 3.8) is 0 Å². The van der Waals surface area contributed by atoms with E-state index in [9.17, 15) is 0 Å². The van der Waals surface area contributed by atoms with Crippen LogP contribution in [0.3, 0.4) is 0 Å². The Morgan fingerprint density at radius 2 is 2.24 bits per heavy atom. The Morgan fingerprint density at radius 1 is 1.33 bits per heavy atom. The van der Waals surface area contributed by atoms with E-state index in [0.717, 1.165) is 56.0 Å². The first kappa shape index (κ1) is 14.2. The maximum Gasteiger partial charge on any atom is 0.140 e. The molecule has 2 aromatic rings. The summed E-state index contributed by atoms with van der Waals surface area (Å²) in [4.78, 5) is 11.3. The van der Waals surface area contributed by atoms with Gasteiger partial charge in [0.05, 0.1) is 24.8 Å². The molecule has 0 saturated carbocycles. The molecule has 1 atom stereocenters. The van der Waals surface area contributed by atoms with Crippen molar-refractivity contribution >= 4 is 16.7 Å². The van der Waals surface area contributed by atoms with E-state index in [-0.39, 0.29) is 0 Å². The van der Waals surface area contributed by atoms with E-state index < -0.39 is 0 Å². The largest absolute Gasteiger partial charge is 0.377 e. The van der Waals surface area contributed by atoms with Crippen LogP contribution in [-0.2, 0) is 4.74 Å². The number of fused-ring (bicyclic) bond motifs is 1. The molecule has 1 aromatic heterocycles. The molecule has 3 rings (SSSR count). The zero-order valence-electron chi connectivity index (χ0n) is 12.5. The van der Waals surface area contributed by atoms with Crippen LogP contribution >= 0.6 is 0 Å². The molecule has 1 unspecified atom stereocenters. The lowest BCUT2D eigenvalue weighted by Crippen LogP contribution is -2.51. The molecule has 0 amide bonds. The fourth-order valence-corrected chi connectivity index (χ4v) is 2.77. The topological polar surface area (TPSA) is 50.3 Å². The highest BCUT2D eigenvalue weighted by atomic mass is 16.5. The van der Waals surface area contributed by atoms with E-state index in [1.807, 2.05) is 18.2 Å². The SMILES string of the molecule is CCCNCC1COCCN1c1ncnc2ccccc12. The van der Waals surface area contributed by atoms with Crippen LogP contribution in [0.15, 0.2) is 30.6 Å². The zero-order chi connectivity index (χ0) is 14.5. The van der Waals surface area contributed by atoms with E-state index in [1.54, 1.807) is 6.33 Å². The van der Waals surface area contributed by atoms with Gasteiger partial charge >= 0.3 is 0 Å². The Balaban J connectivity index is 1.87. The molecule has 5 heteroatoms. The molecule has 1 aromatic carbocycles.